The van der Waals surface area contributed by atoms with Crippen molar-refractivity contribution in [3.63, 3.8) is 0 Å². The van der Waals surface area contributed by atoms with E-state index in [4.69, 9.17) is 4.52 Å². The summed E-state index contributed by atoms with van der Waals surface area (Å²) in [5.41, 5.74) is 0.389. The number of aliphatic imine (C=N–C) groups is 1. The van der Waals surface area contributed by atoms with Gasteiger partial charge < -0.3 is 4.52 Å². The highest BCUT2D eigenvalue weighted by molar-refractivity contribution is 7.90. The molecule has 74 valence electrons. The van der Waals surface area contributed by atoms with Crippen LogP contribution >= 0.6 is 0 Å². The van der Waals surface area contributed by atoms with Crippen LogP contribution in [-0.2, 0) is 26.8 Å². The summed E-state index contributed by atoms with van der Waals surface area (Å²) in [6, 6.07) is 0. The molecule has 7 heteroatoms. The lowest BCUT2D eigenvalue weighted by Gasteiger charge is -2.08. The van der Waals surface area contributed by atoms with Crippen LogP contribution in [0, 0.1) is 0 Å². The smallest absolute Gasteiger partial charge is 0.242 e. The van der Waals surface area contributed by atoms with Gasteiger partial charge in [-0.15, -0.1) is 4.99 Å². The first-order chi connectivity index (χ1) is 6.62. The van der Waals surface area contributed by atoms with Crippen LogP contribution in [0.2, 0.25) is 0 Å². The maximum absolute atomic E-state index is 11.3. The van der Waals surface area contributed by atoms with Gasteiger partial charge in [0.15, 0.2) is 9.84 Å². The number of sulfone groups is 1. The topological polar surface area (TPSA) is 89.6 Å². The Hall–Kier alpha value is -1.46. The van der Waals surface area contributed by atoms with Crippen LogP contribution in [0.1, 0.15) is 11.3 Å². The Kier molecular flexibility index (Phi) is 1.98. The molecule has 2 rings (SSSR count). The largest absolute Gasteiger partial charge is 0.359 e. The van der Waals surface area contributed by atoms with Gasteiger partial charge in [0.1, 0.15) is 5.76 Å². The summed E-state index contributed by atoms with van der Waals surface area (Å²) in [4.78, 5) is 13.3. The molecule has 0 aliphatic carbocycles. The van der Waals surface area contributed by atoms with E-state index in [-0.39, 0.29) is 17.3 Å². The predicted octanol–water partition coefficient (Wildman–Crippen LogP) is 0.113. The van der Waals surface area contributed by atoms with Gasteiger partial charge in [-0.25, -0.2) is 13.2 Å². The molecule has 0 spiro atoms. The van der Waals surface area contributed by atoms with E-state index in [0.717, 1.165) is 0 Å². The number of aromatic nitrogens is 1. The zero-order valence-electron chi connectivity index (χ0n) is 7.06. The molecule has 0 aromatic carbocycles. The molecular formula is C7H6N2O4S. The normalized spacial score (nSPS) is 18.3. The zero-order valence-corrected chi connectivity index (χ0v) is 7.87. The van der Waals surface area contributed by atoms with Crippen molar-refractivity contribution in [1.82, 2.24) is 5.16 Å². The fourth-order valence-electron chi connectivity index (χ4n) is 1.35. The van der Waals surface area contributed by atoms with E-state index in [1.807, 2.05) is 0 Å². The third-order valence-electron chi connectivity index (χ3n) is 2.00. The number of isocyanates is 1. The second-order valence-electron chi connectivity index (χ2n) is 2.95. The first-order valence-corrected chi connectivity index (χ1v) is 5.70. The number of hydrogen-bond donors (Lipinski definition) is 0. The second kappa shape index (κ2) is 3.04. The van der Waals surface area contributed by atoms with E-state index in [2.05, 4.69) is 10.1 Å². The first kappa shape index (κ1) is 9.11. The van der Waals surface area contributed by atoms with Crippen molar-refractivity contribution in [1.29, 1.82) is 0 Å². The predicted molar refractivity (Wildman–Crippen MR) is 45.5 cm³/mol. The number of nitrogens with zero attached hydrogens (tertiary/aromatic N) is 2. The molecule has 1 aliphatic rings. The molecule has 0 saturated heterocycles. The van der Waals surface area contributed by atoms with Crippen LogP contribution in [0.4, 0.5) is 5.82 Å². The van der Waals surface area contributed by atoms with Crippen LogP contribution in [-0.4, -0.2) is 25.4 Å². The first-order valence-electron chi connectivity index (χ1n) is 3.88. The Morgan fingerprint density at radius 2 is 2.29 bits per heavy atom. The Morgan fingerprint density at radius 1 is 1.50 bits per heavy atom. The molecule has 0 bridgehead atoms. The molecule has 2 heterocycles. The Morgan fingerprint density at radius 3 is 3.00 bits per heavy atom. The molecule has 1 aromatic heterocycles. The van der Waals surface area contributed by atoms with Crippen LogP contribution in [0.3, 0.4) is 0 Å². The van der Waals surface area contributed by atoms with Gasteiger partial charge >= 0.3 is 0 Å². The van der Waals surface area contributed by atoms with Crippen molar-refractivity contribution in [3.05, 3.63) is 11.3 Å². The van der Waals surface area contributed by atoms with Gasteiger partial charge in [-0.3, -0.25) is 0 Å². The lowest BCUT2D eigenvalue weighted by atomic mass is 10.2. The summed E-state index contributed by atoms with van der Waals surface area (Å²) >= 11 is 0. The summed E-state index contributed by atoms with van der Waals surface area (Å²) in [6.07, 6.45) is 1.60. The quantitative estimate of drug-likeness (QED) is 0.489. The Balaban J connectivity index is 2.52. The van der Waals surface area contributed by atoms with E-state index in [1.54, 1.807) is 0 Å². The number of aryl methyl sites for hydroxylation is 1. The van der Waals surface area contributed by atoms with Crippen molar-refractivity contribution >= 4 is 21.7 Å². The summed E-state index contributed by atoms with van der Waals surface area (Å²) in [6.45, 7) is 0. The molecule has 14 heavy (non-hydrogen) atoms. The van der Waals surface area contributed by atoms with Crippen LogP contribution < -0.4 is 0 Å². The van der Waals surface area contributed by atoms with Crippen molar-refractivity contribution in [3.8, 4) is 0 Å². The average Bonchev–Trinajstić information content (AvgIpc) is 2.47. The molecule has 0 fully saturated rings. The minimum atomic E-state index is -3.10. The number of hydrogen-bond acceptors (Lipinski definition) is 6. The van der Waals surface area contributed by atoms with Gasteiger partial charge in [0.05, 0.1) is 17.1 Å². The van der Waals surface area contributed by atoms with Gasteiger partial charge in [-0.2, -0.15) is 0 Å². The van der Waals surface area contributed by atoms with E-state index < -0.39 is 9.84 Å². The second-order valence-corrected chi connectivity index (χ2v) is 5.14. The molecule has 0 saturated carbocycles. The number of carbonyl (C=O) groups excluding carboxylic acids is 1. The summed E-state index contributed by atoms with van der Waals surface area (Å²) in [7, 11) is -3.10. The SMILES string of the molecule is O=C=Nc1noc2c1CS(=O)(=O)CC2. The van der Waals surface area contributed by atoms with E-state index in [9.17, 15) is 13.2 Å². The monoisotopic (exact) mass is 214 g/mol. The average molecular weight is 214 g/mol. The molecule has 0 radical (unpaired) electrons. The standard InChI is InChI=1S/C7H6N2O4S/c10-4-8-7-5-3-14(11,12)2-1-6(5)13-9-7/h1-3H2. The van der Waals surface area contributed by atoms with Crippen molar-refractivity contribution in [2.24, 2.45) is 4.99 Å². The minimum absolute atomic E-state index is 0.0262. The molecule has 0 unspecified atom stereocenters. The lowest BCUT2D eigenvalue weighted by molar-refractivity contribution is 0.386. The van der Waals surface area contributed by atoms with Gasteiger partial charge in [0, 0.05) is 6.42 Å². The molecule has 0 atom stereocenters. The maximum atomic E-state index is 11.3. The molecular weight excluding hydrogens is 208 g/mol. The third-order valence-corrected chi connectivity index (χ3v) is 3.56. The fourth-order valence-corrected chi connectivity index (χ4v) is 2.72. The molecule has 1 aromatic rings. The summed E-state index contributed by atoms with van der Waals surface area (Å²) in [5, 5.41) is 3.48. The van der Waals surface area contributed by atoms with Crippen molar-refractivity contribution in [2.45, 2.75) is 12.2 Å². The maximum Gasteiger partial charge on any atom is 0.242 e. The van der Waals surface area contributed by atoms with E-state index in [0.29, 0.717) is 17.7 Å². The van der Waals surface area contributed by atoms with Crippen molar-refractivity contribution in [2.75, 3.05) is 5.75 Å². The van der Waals surface area contributed by atoms with Crippen molar-refractivity contribution < 1.29 is 17.7 Å². The van der Waals surface area contributed by atoms with Crippen LogP contribution in [0.25, 0.3) is 0 Å². The summed E-state index contributed by atoms with van der Waals surface area (Å²) < 4.78 is 27.4. The Bertz CT molecular complexity index is 510. The molecule has 0 amide bonds. The molecule has 1 aliphatic heterocycles. The van der Waals surface area contributed by atoms with Crippen LogP contribution in [0.5, 0.6) is 0 Å². The Labute approximate surface area is 79.5 Å². The highest BCUT2D eigenvalue weighted by Crippen LogP contribution is 2.28. The fraction of sp³-hybridized carbons (Fsp3) is 0.429. The van der Waals surface area contributed by atoms with Gasteiger partial charge in [0.25, 0.3) is 0 Å². The minimum Gasteiger partial charge on any atom is -0.359 e. The molecule has 6 nitrogen and oxygen atoms in total. The van der Waals surface area contributed by atoms with Gasteiger partial charge in [-0.05, 0) is 0 Å². The summed E-state index contributed by atoms with van der Waals surface area (Å²) in [5.74, 6) is 0.415. The third kappa shape index (κ3) is 1.47. The zero-order chi connectivity index (χ0) is 10.2. The highest BCUT2D eigenvalue weighted by Gasteiger charge is 2.28. The number of fused-ring (bicyclic) bond motifs is 1. The molecule has 0 N–H and O–H groups in total. The lowest BCUT2D eigenvalue weighted by Crippen LogP contribution is -2.17. The van der Waals surface area contributed by atoms with Crippen LogP contribution in [0.15, 0.2) is 9.52 Å². The number of rotatable bonds is 1. The van der Waals surface area contributed by atoms with Gasteiger partial charge in [-0.1, -0.05) is 5.16 Å². The van der Waals surface area contributed by atoms with E-state index in [1.165, 1.54) is 6.08 Å². The van der Waals surface area contributed by atoms with Gasteiger partial charge in [0.2, 0.25) is 11.9 Å². The van der Waals surface area contributed by atoms with E-state index >= 15 is 0 Å². The highest BCUT2D eigenvalue weighted by atomic mass is 32.2.